The Morgan fingerprint density at radius 3 is 2.89 bits per heavy atom. The molecule has 1 aromatic heterocycles. The van der Waals surface area contributed by atoms with Crippen molar-refractivity contribution in [3.8, 4) is 0 Å². The van der Waals surface area contributed by atoms with Gasteiger partial charge in [0, 0.05) is 36.8 Å². The molecule has 1 aromatic rings. The van der Waals surface area contributed by atoms with E-state index < -0.39 is 0 Å². The minimum atomic E-state index is 0.605. The summed E-state index contributed by atoms with van der Waals surface area (Å²) in [4.78, 5) is 6.77. The molecule has 0 amide bonds. The molecule has 1 N–H and O–H groups in total. The Kier molecular flexibility index (Phi) is 5.41. The molecule has 2 heterocycles. The van der Waals surface area contributed by atoms with Crippen LogP contribution in [-0.4, -0.2) is 49.3 Å². The monoisotopic (exact) mass is 313 g/mol. The molecule has 2 rings (SSSR count). The molecule has 1 aliphatic rings. The SMILES string of the molecule is CC(CNc1ccc(Br)cn1)CN1CCOCC1. The molecule has 0 saturated carbocycles. The lowest BCUT2D eigenvalue weighted by Crippen LogP contribution is -2.40. The van der Waals surface area contributed by atoms with E-state index in [-0.39, 0.29) is 0 Å². The summed E-state index contributed by atoms with van der Waals surface area (Å²) < 4.78 is 6.36. The maximum Gasteiger partial charge on any atom is 0.125 e. The molecular weight excluding hydrogens is 294 g/mol. The molecule has 0 bridgehead atoms. The smallest absolute Gasteiger partial charge is 0.125 e. The van der Waals surface area contributed by atoms with Gasteiger partial charge in [-0.1, -0.05) is 6.92 Å². The molecule has 0 aliphatic carbocycles. The number of ether oxygens (including phenoxy) is 1. The summed E-state index contributed by atoms with van der Waals surface area (Å²) in [6.07, 6.45) is 1.81. The van der Waals surface area contributed by atoms with Crippen molar-refractivity contribution in [2.24, 2.45) is 5.92 Å². The topological polar surface area (TPSA) is 37.4 Å². The molecule has 0 aromatic carbocycles. The van der Waals surface area contributed by atoms with Crippen molar-refractivity contribution >= 4 is 21.7 Å². The number of aromatic nitrogens is 1. The fraction of sp³-hybridized carbons (Fsp3) is 0.615. The zero-order chi connectivity index (χ0) is 12.8. The normalized spacial score (nSPS) is 18.6. The molecule has 0 spiro atoms. The second kappa shape index (κ2) is 7.07. The zero-order valence-electron chi connectivity index (χ0n) is 10.7. The Morgan fingerprint density at radius 2 is 2.22 bits per heavy atom. The lowest BCUT2D eigenvalue weighted by molar-refractivity contribution is 0.0325. The van der Waals surface area contributed by atoms with Gasteiger partial charge in [0.15, 0.2) is 0 Å². The average molecular weight is 314 g/mol. The summed E-state index contributed by atoms with van der Waals surface area (Å²) in [5, 5.41) is 3.37. The van der Waals surface area contributed by atoms with E-state index in [1.807, 2.05) is 18.3 Å². The zero-order valence-corrected chi connectivity index (χ0v) is 12.3. The highest BCUT2D eigenvalue weighted by Gasteiger charge is 2.13. The minimum absolute atomic E-state index is 0.605. The van der Waals surface area contributed by atoms with Crippen LogP contribution >= 0.6 is 15.9 Å². The van der Waals surface area contributed by atoms with E-state index in [2.05, 4.69) is 38.1 Å². The largest absolute Gasteiger partial charge is 0.379 e. The van der Waals surface area contributed by atoms with Gasteiger partial charge < -0.3 is 10.1 Å². The summed E-state index contributed by atoms with van der Waals surface area (Å²) in [5.74, 6) is 1.54. The molecule has 4 nitrogen and oxygen atoms in total. The fourth-order valence-electron chi connectivity index (χ4n) is 2.05. The average Bonchev–Trinajstić information content (AvgIpc) is 2.39. The van der Waals surface area contributed by atoms with Crippen molar-refractivity contribution in [2.45, 2.75) is 6.92 Å². The molecule has 1 fully saturated rings. The van der Waals surface area contributed by atoms with Gasteiger partial charge in [-0.15, -0.1) is 0 Å². The quantitative estimate of drug-likeness (QED) is 0.904. The van der Waals surface area contributed by atoms with Crippen molar-refractivity contribution in [1.29, 1.82) is 0 Å². The third kappa shape index (κ3) is 4.55. The van der Waals surface area contributed by atoms with Crippen LogP contribution in [-0.2, 0) is 4.74 Å². The van der Waals surface area contributed by atoms with Gasteiger partial charge in [0.1, 0.15) is 5.82 Å². The van der Waals surface area contributed by atoms with E-state index in [4.69, 9.17) is 4.74 Å². The van der Waals surface area contributed by atoms with Gasteiger partial charge in [-0.25, -0.2) is 4.98 Å². The van der Waals surface area contributed by atoms with Gasteiger partial charge >= 0.3 is 0 Å². The number of morpholine rings is 1. The first-order chi connectivity index (χ1) is 8.74. The second-order valence-corrected chi connectivity index (χ2v) is 5.68. The molecule has 1 unspecified atom stereocenters. The highest BCUT2D eigenvalue weighted by Crippen LogP contribution is 2.11. The molecular formula is C13H20BrN3O. The van der Waals surface area contributed by atoms with Gasteiger partial charge in [-0.2, -0.15) is 0 Å². The first-order valence-electron chi connectivity index (χ1n) is 6.39. The summed E-state index contributed by atoms with van der Waals surface area (Å²) in [6.45, 7) is 8.19. The van der Waals surface area contributed by atoms with Gasteiger partial charge in [-0.3, -0.25) is 4.90 Å². The van der Waals surface area contributed by atoms with Crippen LogP contribution < -0.4 is 5.32 Å². The van der Waals surface area contributed by atoms with Gasteiger partial charge in [-0.05, 0) is 34.0 Å². The van der Waals surface area contributed by atoms with E-state index >= 15 is 0 Å². The number of hydrogen-bond donors (Lipinski definition) is 1. The van der Waals surface area contributed by atoms with Crippen molar-refractivity contribution in [3.05, 3.63) is 22.8 Å². The number of anilines is 1. The van der Waals surface area contributed by atoms with E-state index in [1.54, 1.807) is 0 Å². The number of nitrogens with zero attached hydrogens (tertiary/aromatic N) is 2. The molecule has 1 atom stereocenters. The number of nitrogens with one attached hydrogen (secondary N) is 1. The number of hydrogen-bond acceptors (Lipinski definition) is 4. The van der Waals surface area contributed by atoms with E-state index in [1.165, 1.54) is 0 Å². The highest BCUT2D eigenvalue weighted by molar-refractivity contribution is 9.10. The van der Waals surface area contributed by atoms with E-state index in [0.717, 1.165) is 49.7 Å². The van der Waals surface area contributed by atoms with Gasteiger partial charge in [0.2, 0.25) is 0 Å². The maximum atomic E-state index is 5.35. The van der Waals surface area contributed by atoms with Gasteiger partial charge in [0.25, 0.3) is 0 Å². The van der Waals surface area contributed by atoms with Crippen molar-refractivity contribution in [1.82, 2.24) is 9.88 Å². The predicted octanol–water partition coefficient (Wildman–Crippen LogP) is 2.22. The van der Waals surface area contributed by atoms with Crippen molar-refractivity contribution in [3.63, 3.8) is 0 Å². The summed E-state index contributed by atoms with van der Waals surface area (Å²) >= 11 is 3.38. The standard InChI is InChI=1S/C13H20BrN3O/c1-11(10-17-4-6-18-7-5-17)8-15-13-3-2-12(14)9-16-13/h2-3,9,11H,4-8,10H2,1H3,(H,15,16). The number of halogens is 1. The Hall–Kier alpha value is -0.650. The number of pyridine rings is 1. The third-order valence-corrected chi connectivity index (χ3v) is 3.50. The minimum Gasteiger partial charge on any atom is -0.379 e. The van der Waals surface area contributed by atoms with Crippen LogP contribution in [0.3, 0.4) is 0 Å². The Morgan fingerprint density at radius 1 is 1.44 bits per heavy atom. The maximum absolute atomic E-state index is 5.35. The van der Waals surface area contributed by atoms with Crippen LogP contribution in [0.2, 0.25) is 0 Å². The van der Waals surface area contributed by atoms with E-state index in [0.29, 0.717) is 5.92 Å². The van der Waals surface area contributed by atoms with Crippen LogP contribution in [0.25, 0.3) is 0 Å². The molecule has 1 saturated heterocycles. The van der Waals surface area contributed by atoms with Crippen molar-refractivity contribution in [2.75, 3.05) is 44.7 Å². The molecule has 100 valence electrons. The Labute approximate surface area is 117 Å². The van der Waals surface area contributed by atoms with Crippen LogP contribution in [0.5, 0.6) is 0 Å². The predicted molar refractivity (Wildman–Crippen MR) is 76.8 cm³/mol. The summed E-state index contributed by atoms with van der Waals surface area (Å²) in [7, 11) is 0. The van der Waals surface area contributed by atoms with Crippen LogP contribution in [0.1, 0.15) is 6.92 Å². The van der Waals surface area contributed by atoms with Crippen LogP contribution in [0.4, 0.5) is 5.82 Å². The Balaban J connectivity index is 1.70. The molecule has 18 heavy (non-hydrogen) atoms. The first kappa shape index (κ1) is 13.8. The summed E-state index contributed by atoms with van der Waals surface area (Å²) in [5.41, 5.74) is 0. The Bertz CT molecular complexity index is 352. The molecule has 5 heteroatoms. The fourth-order valence-corrected chi connectivity index (χ4v) is 2.28. The van der Waals surface area contributed by atoms with Crippen LogP contribution in [0.15, 0.2) is 22.8 Å². The number of rotatable bonds is 5. The lowest BCUT2D eigenvalue weighted by atomic mass is 10.1. The van der Waals surface area contributed by atoms with Gasteiger partial charge in [0.05, 0.1) is 13.2 Å². The molecule has 0 radical (unpaired) electrons. The summed E-state index contributed by atoms with van der Waals surface area (Å²) in [6, 6.07) is 3.99. The molecule has 1 aliphatic heterocycles. The third-order valence-electron chi connectivity index (χ3n) is 3.03. The highest BCUT2D eigenvalue weighted by atomic mass is 79.9. The second-order valence-electron chi connectivity index (χ2n) is 4.76. The lowest BCUT2D eigenvalue weighted by Gasteiger charge is -2.29. The van der Waals surface area contributed by atoms with E-state index in [9.17, 15) is 0 Å². The van der Waals surface area contributed by atoms with Crippen molar-refractivity contribution < 1.29 is 4.74 Å². The first-order valence-corrected chi connectivity index (χ1v) is 7.19. The van der Waals surface area contributed by atoms with Crippen LogP contribution in [0, 0.1) is 5.92 Å².